The summed E-state index contributed by atoms with van der Waals surface area (Å²) in [5, 5.41) is 8.80. The van der Waals surface area contributed by atoms with Crippen molar-refractivity contribution in [3.8, 4) is 5.88 Å². The third kappa shape index (κ3) is 1.07. The van der Waals surface area contributed by atoms with Gasteiger partial charge in [0.05, 0.1) is 12.4 Å². The first-order valence-electron chi connectivity index (χ1n) is 1.95. The van der Waals surface area contributed by atoms with E-state index in [1.165, 1.54) is 12.4 Å². The van der Waals surface area contributed by atoms with Gasteiger partial charge < -0.3 is 5.11 Å². The second kappa shape index (κ2) is 1.96. The zero-order valence-electron chi connectivity index (χ0n) is 3.87. The zero-order chi connectivity index (χ0) is 5.98. The Kier molecular flexibility index (Phi) is 1.30. The minimum Gasteiger partial charge on any atom is -0.492 e. The summed E-state index contributed by atoms with van der Waals surface area (Å²) >= 11 is 5.33. The van der Waals surface area contributed by atoms with Gasteiger partial charge in [-0.15, -0.1) is 0 Å². The molecule has 4 heteroatoms. The van der Waals surface area contributed by atoms with Crippen LogP contribution in [0.4, 0.5) is 0 Å². The maximum atomic E-state index is 8.52. The van der Waals surface area contributed by atoms with Gasteiger partial charge in [-0.3, -0.25) is 0 Å². The monoisotopic (exact) mass is 130 g/mol. The lowest BCUT2D eigenvalue weighted by Gasteiger charge is -1.85. The topological polar surface area (TPSA) is 46.0 Å². The van der Waals surface area contributed by atoms with Crippen molar-refractivity contribution in [2.75, 3.05) is 0 Å². The molecule has 0 aliphatic rings. The molecule has 0 aliphatic heterocycles. The van der Waals surface area contributed by atoms with E-state index in [0.29, 0.717) is 0 Å². The van der Waals surface area contributed by atoms with Crippen molar-refractivity contribution in [1.29, 1.82) is 0 Å². The van der Waals surface area contributed by atoms with Crippen molar-refractivity contribution >= 4 is 11.6 Å². The van der Waals surface area contributed by atoms with E-state index in [-0.39, 0.29) is 11.0 Å². The smallest absolute Gasteiger partial charge is 0.229 e. The van der Waals surface area contributed by atoms with Gasteiger partial charge in [-0.1, -0.05) is 11.6 Å². The van der Waals surface area contributed by atoms with Gasteiger partial charge in [-0.05, 0) is 0 Å². The van der Waals surface area contributed by atoms with Gasteiger partial charge in [0, 0.05) is 0 Å². The van der Waals surface area contributed by atoms with Gasteiger partial charge in [-0.25, -0.2) is 9.97 Å². The summed E-state index contributed by atoms with van der Waals surface area (Å²) in [5.41, 5.74) is 0. The lowest BCUT2D eigenvalue weighted by atomic mass is 10.7. The number of rotatable bonds is 0. The van der Waals surface area contributed by atoms with E-state index in [1.54, 1.807) is 0 Å². The minimum absolute atomic E-state index is 0.116. The molecule has 0 unspecified atom stereocenters. The first-order chi connectivity index (χ1) is 3.79. The van der Waals surface area contributed by atoms with E-state index in [1.807, 2.05) is 0 Å². The molecule has 42 valence electrons. The van der Waals surface area contributed by atoms with Crippen LogP contribution in [0.5, 0.6) is 5.88 Å². The Bertz CT molecular complexity index is 153. The molecule has 0 aliphatic carbocycles. The predicted molar refractivity (Wildman–Crippen MR) is 28.7 cm³/mol. The van der Waals surface area contributed by atoms with Gasteiger partial charge in [0.2, 0.25) is 5.88 Å². The Balaban J connectivity index is 3.03. The fraction of sp³-hybridized carbons (Fsp3) is 0. The maximum Gasteiger partial charge on any atom is 0.229 e. The van der Waals surface area contributed by atoms with Gasteiger partial charge in [0.15, 0.2) is 0 Å². The lowest BCUT2D eigenvalue weighted by Crippen LogP contribution is -1.75. The first-order valence-corrected chi connectivity index (χ1v) is 2.33. The molecule has 1 aromatic heterocycles. The molecule has 0 saturated heterocycles. The summed E-state index contributed by atoms with van der Waals surface area (Å²) < 4.78 is 0. The van der Waals surface area contributed by atoms with Crippen LogP contribution in [0.25, 0.3) is 0 Å². The molecule has 8 heavy (non-hydrogen) atoms. The molecule has 1 aromatic rings. The Hall–Kier alpha value is -0.830. The van der Waals surface area contributed by atoms with Crippen molar-refractivity contribution in [2.24, 2.45) is 0 Å². The van der Waals surface area contributed by atoms with E-state index in [9.17, 15) is 0 Å². The molecule has 3 nitrogen and oxygen atoms in total. The average molecular weight is 131 g/mol. The second-order valence-electron chi connectivity index (χ2n) is 1.20. The third-order valence-corrected chi connectivity index (χ3v) is 0.802. The molecular formula is C4H3ClN2O. The van der Waals surface area contributed by atoms with Crippen LogP contribution in [-0.4, -0.2) is 15.1 Å². The molecule has 0 radical (unpaired) electrons. The summed E-state index contributed by atoms with van der Waals surface area (Å²) in [4.78, 5) is 6.97. The molecule has 0 aromatic carbocycles. The fourth-order valence-corrected chi connectivity index (χ4v) is 0.403. The van der Waals surface area contributed by atoms with E-state index < -0.39 is 0 Å². The SMILES string of the molecule is Oc1cnc(Cl)cn1. The van der Waals surface area contributed by atoms with Crippen molar-refractivity contribution in [3.63, 3.8) is 0 Å². The number of hydrogen-bond donors (Lipinski definition) is 1. The molecule has 0 atom stereocenters. The van der Waals surface area contributed by atoms with Gasteiger partial charge in [0.25, 0.3) is 0 Å². The van der Waals surface area contributed by atoms with Crippen molar-refractivity contribution < 1.29 is 5.11 Å². The molecule has 0 amide bonds. The lowest BCUT2D eigenvalue weighted by molar-refractivity contribution is 0.450. The van der Waals surface area contributed by atoms with E-state index in [4.69, 9.17) is 16.7 Å². The quantitative estimate of drug-likeness (QED) is 0.566. The maximum absolute atomic E-state index is 8.52. The summed E-state index contributed by atoms with van der Waals surface area (Å²) in [7, 11) is 0. The number of nitrogens with zero attached hydrogens (tertiary/aromatic N) is 2. The van der Waals surface area contributed by atoms with Gasteiger partial charge >= 0.3 is 0 Å². The highest BCUT2D eigenvalue weighted by Gasteiger charge is 1.87. The van der Waals surface area contributed by atoms with Gasteiger partial charge in [-0.2, -0.15) is 0 Å². The summed E-state index contributed by atoms with van der Waals surface area (Å²) in [5.74, 6) is -0.116. The normalized spacial score (nSPS) is 9.12. The van der Waals surface area contributed by atoms with Crippen LogP contribution in [0, 0.1) is 0 Å². The molecule has 0 saturated carbocycles. The molecule has 0 bridgehead atoms. The number of aromatic nitrogens is 2. The van der Waals surface area contributed by atoms with Gasteiger partial charge in [0.1, 0.15) is 5.15 Å². The van der Waals surface area contributed by atoms with E-state index >= 15 is 0 Å². The van der Waals surface area contributed by atoms with Crippen LogP contribution >= 0.6 is 11.6 Å². The molecule has 1 N–H and O–H groups in total. The van der Waals surface area contributed by atoms with Crippen molar-refractivity contribution in [3.05, 3.63) is 17.5 Å². The highest BCUT2D eigenvalue weighted by molar-refractivity contribution is 6.29. The molecular weight excluding hydrogens is 128 g/mol. The Morgan fingerprint density at radius 3 is 2.50 bits per heavy atom. The highest BCUT2D eigenvalue weighted by atomic mass is 35.5. The van der Waals surface area contributed by atoms with Crippen LogP contribution in [0.2, 0.25) is 5.15 Å². The largest absolute Gasteiger partial charge is 0.492 e. The summed E-state index contributed by atoms with van der Waals surface area (Å²) in [6.07, 6.45) is 2.46. The highest BCUT2D eigenvalue weighted by Crippen LogP contribution is 2.03. The number of hydrogen-bond acceptors (Lipinski definition) is 3. The Labute approximate surface area is 51.0 Å². The molecule has 0 fully saturated rings. The number of aromatic hydroxyl groups is 1. The fourth-order valence-electron chi connectivity index (χ4n) is 0.305. The first kappa shape index (κ1) is 5.31. The minimum atomic E-state index is -0.116. The average Bonchev–Trinajstić information content (AvgIpc) is 1.77. The standard InChI is InChI=1S/C4H3ClN2O/c5-3-1-7-4(8)2-6-3/h1-2H,(H,7,8). The van der Waals surface area contributed by atoms with E-state index in [2.05, 4.69) is 9.97 Å². The summed E-state index contributed by atoms with van der Waals surface area (Å²) in [6.45, 7) is 0. The molecule has 1 rings (SSSR count). The van der Waals surface area contributed by atoms with Crippen LogP contribution in [0.3, 0.4) is 0 Å². The predicted octanol–water partition coefficient (Wildman–Crippen LogP) is 0.836. The van der Waals surface area contributed by atoms with Crippen molar-refractivity contribution in [2.45, 2.75) is 0 Å². The summed E-state index contributed by atoms with van der Waals surface area (Å²) in [6, 6.07) is 0. The van der Waals surface area contributed by atoms with Crippen LogP contribution < -0.4 is 0 Å². The zero-order valence-corrected chi connectivity index (χ0v) is 4.63. The Morgan fingerprint density at radius 2 is 2.12 bits per heavy atom. The van der Waals surface area contributed by atoms with E-state index in [0.717, 1.165) is 0 Å². The van der Waals surface area contributed by atoms with Crippen LogP contribution in [0.1, 0.15) is 0 Å². The van der Waals surface area contributed by atoms with Crippen molar-refractivity contribution in [1.82, 2.24) is 9.97 Å². The number of halogens is 1. The second-order valence-corrected chi connectivity index (χ2v) is 1.58. The molecule has 1 heterocycles. The van der Waals surface area contributed by atoms with Crippen LogP contribution in [0.15, 0.2) is 12.4 Å². The molecule has 0 spiro atoms. The van der Waals surface area contributed by atoms with Crippen LogP contribution in [-0.2, 0) is 0 Å². The third-order valence-electron chi connectivity index (χ3n) is 0.607. The Morgan fingerprint density at radius 1 is 1.38 bits per heavy atom.